The Bertz CT molecular complexity index is 1110. The normalized spacial score (nSPS) is 10.7. The van der Waals surface area contributed by atoms with E-state index in [9.17, 15) is 9.59 Å². The minimum atomic E-state index is -0.654. The molecule has 0 aliphatic heterocycles. The van der Waals surface area contributed by atoms with Crippen molar-refractivity contribution in [1.29, 1.82) is 0 Å². The monoisotopic (exact) mass is 463 g/mol. The summed E-state index contributed by atoms with van der Waals surface area (Å²) in [6, 6.07) is 8.72. The quantitative estimate of drug-likeness (QED) is 0.387. The minimum absolute atomic E-state index is 0.0580. The van der Waals surface area contributed by atoms with E-state index >= 15 is 0 Å². The molecule has 1 amide bonds. The summed E-state index contributed by atoms with van der Waals surface area (Å²) in [6.45, 7) is 3.84. The van der Waals surface area contributed by atoms with Gasteiger partial charge in [0, 0.05) is 16.1 Å². The van der Waals surface area contributed by atoms with Gasteiger partial charge in [-0.3, -0.25) is 4.79 Å². The van der Waals surface area contributed by atoms with Crippen molar-refractivity contribution in [2.24, 2.45) is 0 Å². The molecular weight excluding hydrogens is 445 g/mol. The molecule has 0 saturated heterocycles. The van der Waals surface area contributed by atoms with Crippen LogP contribution in [0.3, 0.4) is 0 Å². The Labute approximate surface area is 188 Å². The molecule has 3 N–H and O–H groups in total. The molecule has 6 nitrogen and oxygen atoms in total. The third-order valence-electron chi connectivity index (χ3n) is 4.24. The molecule has 0 radical (unpaired) electrons. The summed E-state index contributed by atoms with van der Waals surface area (Å²) in [7, 11) is 0. The molecule has 1 aromatic heterocycles. The third kappa shape index (κ3) is 5.50. The summed E-state index contributed by atoms with van der Waals surface area (Å²) < 4.78 is 5.26. The summed E-state index contributed by atoms with van der Waals surface area (Å²) in [5, 5.41) is 5.72. The summed E-state index contributed by atoms with van der Waals surface area (Å²) in [4.78, 5) is 29.0. The molecule has 1 heterocycles. The topological polar surface area (TPSA) is 94.3 Å². The Morgan fingerprint density at radius 3 is 2.73 bits per heavy atom. The Morgan fingerprint density at radius 1 is 1.20 bits per heavy atom. The van der Waals surface area contributed by atoms with Gasteiger partial charge in [-0.15, -0.1) is 11.3 Å². The lowest BCUT2D eigenvalue weighted by Crippen LogP contribution is -2.15. The van der Waals surface area contributed by atoms with Gasteiger partial charge in [0.2, 0.25) is 5.91 Å². The predicted octanol–water partition coefficient (Wildman–Crippen LogP) is 5.19. The third-order valence-corrected chi connectivity index (χ3v) is 5.67. The van der Waals surface area contributed by atoms with E-state index < -0.39 is 5.97 Å². The second kappa shape index (κ2) is 9.47. The molecule has 0 bridgehead atoms. The van der Waals surface area contributed by atoms with Gasteiger partial charge < -0.3 is 15.8 Å². The first kappa shape index (κ1) is 22.1. The van der Waals surface area contributed by atoms with E-state index in [1.165, 1.54) is 23.5 Å². The highest BCUT2D eigenvalue weighted by Gasteiger charge is 2.16. The molecule has 0 saturated carbocycles. The number of nitrogens with zero attached hydrogens (tertiary/aromatic N) is 1. The van der Waals surface area contributed by atoms with Gasteiger partial charge in [0.25, 0.3) is 0 Å². The largest absolute Gasteiger partial charge is 0.455 e. The molecule has 3 aromatic rings. The summed E-state index contributed by atoms with van der Waals surface area (Å²) >= 11 is 13.2. The number of ether oxygens (including phenoxy) is 1. The fourth-order valence-corrected chi connectivity index (χ4v) is 3.94. The number of halogens is 2. The maximum Gasteiger partial charge on any atom is 0.340 e. The molecule has 9 heteroatoms. The maximum atomic E-state index is 12.3. The highest BCUT2D eigenvalue weighted by molar-refractivity contribution is 7.09. The molecular formula is C21H19Cl2N3O3S. The van der Waals surface area contributed by atoms with Crippen LogP contribution in [0, 0.1) is 13.8 Å². The molecule has 2 aromatic carbocycles. The number of carbonyl (C=O) groups excluding carboxylic acids is 2. The molecule has 0 unspecified atom stereocenters. The van der Waals surface area contributed by atoms with Crippen molar-refractivity contribution in [1.82, 2.24) is 4.98 Å². The van der Waals surface area contributed by atoms with Gasteiger partial charge in [0.15, 0.2) is 0 Å². The smallest absolute Gasteiger partial charge is 0.340 e. The number of nitrogens with one attached hydrogen (secondary N) is 1. The van der Waals surface area contributed by atoms with Crippen LogP contribution in [0.5, 0.6) is 0 Å². The van der Waals surface area contributed by atoms with E-state index in [0.29, 0.717) is 10.7 Å². The van der Waals surface area contributed by atoms with Crippen LogP contribution in [0.15, 0.2) is 35.7 Å². The number of carbonyl (C=O) groups is 2. The first-order valence-electron chi connectivity index (χ1n) is 8.95. The van der Waals surface area contributed by atoms with Crippen LogP contribution in [-0.4, -0.2) is 16.9 Å². The molecule has 0 aliphatic carbocycles. The van der Waals surface area contributed by atoms with Crippen LogP contribution < -0.4 is 11.1 Å². The predicted molar refractivity (Wildman–Crippen MR) is 120 cm³/mol. The van der Waals surface area contributed by atoms with Gasteiger partial charge in [-0.2, -0.15) is 0 Å². The highest BCUT2D eigenvalue weighted by atomic mass is 35.5. The summed E-state index contributed by atoms with van der Waals surface area (Å²) in [5.41, 5.74) is 9.38. The van der Waals surface area contributed by atoms with Crippen molar-refractivity contribution in [2.45, 2.75) is 26.9 Å². The Morgan fingerprint density at radius 2 is 1.97 bits per heavy atom. The van der Waals surface area contributed by atoms with Crippen molar-refractivity contribution >= 4 is 57.8 Å². The van der Waals surface area contributed by atoms with E-state index in [4.69, 9.17) is 33.7 Å². The zero-order valence-corrected chi connectivity index (χ0v) is 18.6. The summed E-state index contributed by atoms with van der Waals surface area (Å²) in [6.07, 6.45) is 0.128. The average molecular weight is 464 g/mol. The van der Waals surface area contributed by atoms with Gasteiger partial charge >= 0.3 is 5.97 Å². The molecule has 30 heavy (non-hydrogen) atoms. The highest BCUT2D eigenvalue weighted by Crippen LogP contribution is 2.28. The standard InChI is InChI=1S/C21H19Cl2N3O3S/c1-11-3-4-12(2)17(5-11)26-18(27)8-19-25-14(10-30-19)9-29-21(28)15-6-13(22)7-16(23)20(15)24/h3-7,10H,8-9,24H2,1-2H3,(H,26,27). The number of benzene rings is 2. The molecule has 156 valence electrons. The van der Waals surface area contributed by atoms with Crippen LogP contribution in [-0.2, 0) is 22.6 Å². The van der Waals surface area contributed by atoms with Crippen molar-refractivity contribution in [3.05, 3.63) is 73.1 Å². The van der Waals surface area contributed by atoms with Gasteiger partial charge in [0.05, 0.1) is 28.4 Å². The lowest BCUT2D eigenvalue weighted by molar-refractivity contribution is -0.115. The van der Waals surface area contributed by atoms with Gasteiger partial charge in [-0.05, 0) is 43.2 Å². The fraction of sp³-hybridized carbons (Fsp3) is 0.190. The summed E-state index contributed by atoms with van der Waals surface area (Å²) in [5.74, 6) is -0.818. The number of rotatable bonds is 6. The van der Waals surface area contributed by atoms with E-state index in [1.807, 2.05) is 32.0 Å². The van der Waals surface area contributed by atoms with Crippen LogP contribution in [0.2, 0.25) is 10.0 Å². The van der Waals surface area contributed by atoms with Crippen LogP contribution in [0.4, 0.5) is 11.4 Å². The second-order valence-electron chi connectivity index (χ2n) is 6.70. The van der Waals surface area contributed by atoms with Crippen molar-refractivity contribution < 1.29 is 14.3 Å². The van der Waals surface area contributed by atoms with Gasteiger partial charge in [0.1, 0.15) is 11.6 Å². The number of anilines is 2. The minimum Gasteiger partial charge on any atom is -0.455 e. The van der Waals surface area contributed by atoms with E-state index in [0.717, 1.165) is 16.8 Å². The molecule has 0 atom stereocenters. The zero-order chi connectivity index (χ0) is 21.8. The SMILES string of the molecule is Cc1ccc(C)c(NC(=O)Cc2nc(COC(=O)c3cc(Cl)cc(Cl)c3N)cs2)c1. The number of nitrogen functional groups attached to an aromatic ring is 1. The van der Waals surface area contributed by atoms with Crippen LogP contribution >= 0.6 is 34.5 Å². The van der Waals surface area contributed by atoms with Crippen LogP contribution in [0.1, 0.15) is 32.2 Å². The number of thiazole rings is 1. The maximum absolute atomic E-state index is 12.3. The van der Waals surface area contributed by atoms with E-state index in [1.54, 1.807) is 5.38 Å². The van der Waals surface area contributed by atoms with E-state index in [-0.39, 0.29) is 40.2 Å². The van der Waals surface area contributed by atoms with Crippen molar-refractivity contribution in [2.75, 3.05) is 11.1 Å². The Kier molecular flexibility index (Phi) is 6.97. The first-order chi connectivity index (χ1) is 14.2. The first-order valence-corrected chi connectivity index (χ1v) is 10.6. The number of hydrogen-bond donors (Lipinski definition) is 2. The van der Waals surface area contributed by atoms with Crippen LogP contribution in [0.25, 0.3) is 0 Å². The van der Waals surface area contributed by atoms with Crippen molar-refractivity contribution in [3.8, 4) is 0 Å². The van der Waals surface area contributed by atoms with Gasteiger partial charge in [-0.25, -0.2) is 9.78 Å². The van der Waals surface area contributed by atoms with Gasteiger partial charge in [-0.1, -0.05) is 35.3 Å². The number of amides is 1. The molecule has 3 rings (SSSR count). The number of nitrogens with two attached hydrogens (primary N) is 1. The number of hydrogen-bond acceptors (Lipinski definition) is 6. The fourth-order valence-electron chi connectivity index (χ4n) is 2.67. The lowest BCUT2D eigenvalue weighted by Gasteiger charge is -2.08. The van der Waals surface area contributed by atoms with E-state index in [2.05, 4.69) is 10.3 Å². The number of aromatic nitrogens is 1. The van der Waals surface area contributed by atoms with Crippen molar-refractivity contribution in [3.63, 3.8) is 0 Å². The Hall–Kier alpha value is -2.61. The second-order valence-corrected chi connectivity index (χ2v) is 8.49. The lowest BCUT2D eigenvalue weighted by atomic mass is 10.1. The molecule has 0 aliphatic rings. The number of aryl methyl sites for hydroxylation is 2. The average Bonchev–Trinajstić information content (AvgIpc) is 3.12. The zero-order valence-electron chi connectivity index (χ0n) is 16.3. The Balaban J connectivity index is 1.58. The molecule has 0 fully saturated rings. The number of esters is 1. The molecule has 0 spiro atoms.